The molecule has 2 aliphatic heterocycles. The molecule has 0 bridgehead atoms. The minimum Gasteiger partial charge on any atom is -0.467 e. The van der Waals surface area contributed by atoms with Gasteiger partial charge in [0.25, 0.3) is 0 Å². The molecular formula is C15H24N2O7S. The number of amidine groups is 1. The van der Waals surface area contributed by atoms with Gasteiger partial charge in [0.1, 0.15) is 29.3 Å². The van der Waals surface area contributed by atoms with E-state index >= 15 is 0 Å². The molecule has 1 amide bonds. The van der Waals surface area contributed by atoms with Crippen molar-refractivity contribution in [2.24, 2.45) is 4.99 Å². The highest BCUT2D eigenvalue weighted by molar-refractivity contribution is 8.14. The maximum Gasteiger partial charge on any atom is 0.416 e. The van der Waals surface area contributed by atoms with Crippen LogP contribution in [0.3, 0.4) is 0 Å². The first-order valence-electron chi connectivity index (χ1n) is 7.93. The number of aliphatic hydroxyl groups is 2. The summed E-state index contributed by atoms with van der Waals surface area (Å²) in [5.74, 6) is -0.779. The Bertz CT molecular complexity index is 563. The van der Waals surface area contributed by atoms with E-state index in [9.17, 15) is 19.8 Å². The third-order valence-electron chi connectivity index (χ3n) is 3.65. The smallest absolute Gasteiger partial charge is 0.416 e. The van der Waals surface area contributed by atoms with E-state index in [1.54, 1.807) is 27.7 Å². The van der Waals surface area contributed by atoms with Crippen LogP contribution in [0.4, 0.5) is 4.79 Å². The minimum absolute atomic E-state index is 0.305. The van der Waals surface area contributed by atoms with Gasteiger partial charge in [-0.15, -0.1) is 0 Å². The fraction of sp³-hybridized carbons (Fsp3) is 0.800. The molecule has 0 aromatic heterocycles. The maximum atomic E-state index is 12.3. The summed E-state index contributed by atoms with van der Waals surface area (Å²) < 4.78 is 15.5. The van der Waals surface area contributed by atoms with Crippen molar-refractivity contribution in [3.05, 3.63) is 0 Å². The van der Waals surface area contributed by atoms with Crippen molar-refractivity contribution < 1.29 is 34.0 Å². The summed E-state index contributed by atoms with van der Waals surface area (Å²) in [5, 5.41) is 20.6. The van der Waals surface area contributed by atoms with Gasteiger partial charge >= 0.3 is 12.1 Å². The summed E-state index contributed by atoms with van der Waals surface area (Å²) in [6.07, 6.45) is -4.65. The molecule has 2 heterocycles. The molecule has 0 aromatic rings. The number of amides is 1. The van der Waals surface area contributed by atoms with Gasteiger partial charge in [-0.05, 0) is 27.7 Å². The maximum absolute atomic E-state index is 12.3. The average molecular weight is 376 g/mol. The first-order valence-corrected chi connectivity index (χ1v) is 8.81. The van der Waals surface area contributed by atoms with Crippen LogP contribution < -0.4 is 0 Å². The van der Waals surface area contributed by atoms with Crippen LogP contribution in [0, 0.1) is 0 Å². The molecular weight excluding hydrogens is 352 g/mol. The van der Waals surface area contributed by atoms with Gasteiger partial charge in [0.2, 0.25) is 0 Å². The van der Waals surface area contributed by atoms with Gasteiger partial charge in [-0.2, -0.15) is 0 Å². The van der Waals surface area contributed by atoms with Crippen LogP contribution in [0.2, 0.25) is 0 Å². The van der Waals surface area contributed by atoms with Crippen molar-refractivity contribution in [1.29, 1.82) is 0 Å². The van der Waals surface area contributed by atoms with E-state index in [0.717, 1.165) is 11.8 Å². The van der Waals surface area contributed by atoms with E-state index in [4.69, 9.17) is 9.47 Å². The highest BCUT2D eigenvalue weighted by Crippen LogP contribution is 2.38. The molecule has 10 heteroatoms. The topological polar surface area (TPSA) is 118 Å². The van der Waals surface area contributed by atoms with Crippen LogP contribution in [0.25, 0.3) is 0 Å². The summed E-state index contributed by atoms with van der Waals surface area (Å²) in [4.78, 5) is 29.7. The van der Waals surface area contributed by atoms with E-state index in [1.165, 1.54) is 12.0 Å². The number of rotatable bonds is 2. The van der Waals surface area contributed by atoms with Gasteiger partial charge in [0.05, 0.1) is 7.11 Å². The average Bonchev–Trinajstić information content (AvgIpc) is 2.93. The van der Waals surface area contributed by atoms with Gasteiger partial charge < -0.3 is 24.4 Å². The highest BCUT2D eigenvalue weighted by Gasteiger charge is 2.52. The van der Waals surface area contributed by atoms with Crippen LogP contribution in [-0.2, 0) is 19.0 Å². The first kappa shape index (κ1) is 20.0. The summed E-state index contributed by atoms with van der Waals surface area (Å²) in [6.45, 7) is 7.34. The van der Waals surface area contributed by atoms with Crippen molar-refractivity contribution in [1.82, 2.24) is 4.90 Å². The molecule has 142 valence electrons. The van der Waals surface area contributed by atoms with Gasteiger partial charge in [0.15, 0.2) is 11.3 Å². The van der Waals surface area contributed by atoms with Crippen LogP contribution in [0.1, 0.15) is 27.7 Å². The van der Waals surface area contributed by atoms with Crippen LogP contribution >= 0.6 is 11.8 Å². The summed E-state index contributed by atoms with van der Waals surface area (Å²) in [6, 6.07) is -0.799. The van der Waals surface area contributed by atoms with Gasteiger partial charge in [0, 0.05) is 6.54 Å². The molecule has 2 aliphatic rings. The van der Waals surface area contributed by atoms with Crippen LogP contribution in [0.5, 0.6) is 0 Å². The number of carbonyl (C=O) groups excluding carboxylic acids is 2. The second-order valence-corrected chi connectivity index (χ2v) is 7.74. The molecule has 2 N–H and O–H groups in total. The van der Waals surface area contributed by atoms with Gasteiger partial charge in [-0.3, -0.25) is 9.89 Å². The predicted molar refractivity (Wildman–Crippen MR) is 90.1 cm³/mol. The zero-order chi connectivity index (χ0) is 18.9. The number of ether oxygens (including phenoxy) is 3. The SMILES string of the molecule is CCN(C(=O)OC(C)(C)C)C1=N[C@@H]2[C@@H](O)[C@H](O)[C@@H](C(=O)OC)O[C@@H]2S1. The summed E-state index contributed by atoms with van der Waals surface area (Å²) in [5.41, 5.74) is -1.38. The number of thioether (sulfide) groups is 1. The molecule has 2 rings (SSSR count). The molecule has 0 aliphatic carbocycles. The Morgan fingerprint density at radius 2 is 1.96 bits per heavy atom. The quantitative estimate of drug-likeness (QED) is 0.662. The lowest BCUT2D eigenvalue weighted by Crippen LogP contribution is -2.57. The number of nitrogens with zero attached hydrogens (tertiary/aromatic N) is 2. The number of carbonyl (C=O) groups is 2. The Kier molecular flexibility index (Phi) is 5.97. The normalized spacial score (nSPS) is 31.8. The lowest BCUT2D eigenvalue weighted by atomic mass is 9.98. The zero-order valence-electron chi connectivity index (χ0n) is 14.8. The van der Waals surface area contributed by atoms with E-state index in [-0.39, 0.29) is 0 Å². The highest BCUT2D eigenvalue weighted by atomic mass is 32.2. The molecule has 5 atom stereocenters. The molecule has 0 aromatic carbocycles. The van der Waals surface area contributed by atoms with Crippen molar-refractivity contribution >= 4 is 29.0 Å². The van der Waals surface area contributed by atoms with Gasteiger partial charge in [-0.1, -0.05) is 11.8 Å². The Morgan fingerprint density at radius 3 is 2.48 bits per heavy atom. The monoisotopic (exact) mass is 376 g/mol. The second-order valence-electron chi connectivity index (χ2n) is 6.67. The Hall–Kier alpha value is -1.36. The van der Waals surface area contributed by atoms with Crippen molar-refractivity contribution in [3.63, 3.8) is 0 Å². The molecule has 25 heavy (non-hydrogen) atoms. The lowest BCUT2D eigenvalue weighted by Gasteiger charge is -2.36. The minimum atomic E-state index is -1.46. The van der Waals surface area contributed by atoms with Gasteiger partial charge in [-0.25, -0.2) is 9.59 Å². The number of aliphatic hydroxyl groups excluding tert-OH is 2. The molecule has 0 radical (unpaired) electrons. The molecule has 9 nitrogen and oxygen atoms in total. The standard InChI is InChI=1S/C15H24N2O7S/c1-6-17(14(21)24-15(2,3)4)13-16-7-8(18)9(19)10(11(20)22-5)23-12(7)25-13/h7-10,12,18-19H,6H2,1-5H3/t7-,8-,9+,10+,12-/m1/s1. The number of hydrogen-bond donors (Lipinski definition) is 2. The largest absolute Gasteiger partial charge is 0.467 e. The molecule has 0 spiro atoms. The Balaban J connectivity index is 2.16. The van der Waals surface area contributed by atoms with Crippen LogP contribution in [0.15, 0.2) is 4.99 Å². The first-order chi connectivity index (χ1) is 11.6. The van der Waals surface area contributed by atoms with E-state index in [1.807, 2.05) is 0 Å². The number of esters is 1. The Labute approximate surface area is 150 Å². The number of hydrogen-bond acceptors (Lipinski definition) is 9. The number of aliphatic imine (C=N–C) groups is 1. The summed E-state index contributed by atoms with van der Waals surface area (Å²) in [7, 11) is 1.17. The molecule has 0 saturated carbocycles. The molecule has 0 unspecified atom stereocenters. The number of fused-ring (bicyclic) bond motifs is 1. The Morgan fingerprint density at radius 1 is 1.32 bits per heavy atom. The fourth-order valence-electron chi connectivity index (χ4n) is 2.45. The third kappa shape index (κ3) is 4.25. The fourth-order valence-corrected chi connectivity index (χ4v) is 3.71. The van der Waals surface area contributed by atoms with Crippen molar-refractivity contribution in [3.8, 4) is 0 Å². The summed E-state index contributed by atoms with van der Waals surface area (Å²) >= 11 is 1.09. The van der Waals surface area contributed by atoms with E-state index in [2.05, 4.69) is 9.73 Å². The van der Waals surface area contributed by atoms with Crippen molar-refractivity contribution in [2.75, 3.05) is 13.7 Å². The molecule has 1 saturated heterocycles. The zero-order valence-corrected chi connectivity index (χ0v) is 15.6. The third-order valence-corrected chi connectivity index (χ3v) is 4.80. The molecule has 1 fully saturated rings. The van der Waals surface area contributed by atoms with E-state index < -0.39 is 47.5 Å². The second kappa shape index (κ2) is 7.48. The predicted octanol–water partition coefficient (Wildman–Crippen LogP) is 0.335. The number of methoxy groups -OCH3 is 1. The van der Waals surface area contributed by atoms with Crippen LogP contribution in [-0.4, -0.2) is 81.4 Å². The van der Waals surface area contributed by atoms with Crippen molar-refractivity contribution in [2.45, 2.75) is 63.1 Å². The van der Waals surface area contributed by atoms with E-state index in [0.29, 0.717) is 11.7 Å². The lowest BCUT2D eigenvalue weighted by molar-refractivity contribution is -0.187.